The first-order valence-electron chi connectivity index (χ1n) is 6.45. The fourth-order valence-corrected chi connectivity index (χ4v) is 2.04. The molecular weight excluding hydrogens is 212 g/mol. The minimum atomic E-state index is -0.412. The maximum Gasteiger partial charge on any atom is 0.163 e. The maximum atomic E-state index is 5.86. The topological polar surface area (TPSA) is 18.5 Å². The molecule has 1 unspecified atom stereocenters. The van der Waals surface area contributed by atoms with Crippen molar-refractivity contribution < 1.29 is 9.47 Å². The fourth-order valence-electron chi connectivity index (χ4n) is 2.04. The Morgan fingerprint density at radius 3 is 2.53 bits per heavy atom. The summed E-state index contributed by atoms with van der Waals surface area (Å²) in [5.41, 5.74) is 1.10. The second-order valence-corrected chi connectivity index (χ2v) is 5.80. The summed E-state index contributed by atoms with van der Waals surface area (Å²) in [5.74, 6) is 0.719. The molecule has 0 aliphatic carbocycles. The predicted octanol–water partition coefficient (Wildman–Crippen LogP) is 3.93. The Balaban J connectivity index is 2.53. The van der Waals surface area contributed by atoms with Crippen LogP contribution in [0.3, 0.4) is 0 Å². The van der Waals surface area contributed by atoms with Crippen LogP contribution in [0.15, 0.2) is 24.3 Å². The zero-order valence-corrected chi connectivity index (χ0v) is 11.8. The standard InChI is InChI=1S/C15H26O2/c1-11(2)7-8-13(12(3)4)9-14-10-16-15(5,6)17-14/h7-8,12-14H,1,9-10H2,2-6H3/b8-7+/t13-,14?/m1/s1. The van der Waals surface area contributed by atoms with E-state index < -0.39 is 5.79 Å². The summed E-state index contributed by atoms with van der Waals surface area (Å²) in [6.45, 7) is 15.1. The van der Waals surface area contributed by atoms with E-state index in [0.29, 0.717) is 18.4 Å². The van der Waals surface area contributed by atoms with Crippen molar-refractivity contribution >= 4 is 0 Å². The van der Waals surface area contributed by atoms with Crippen LogP contribution in [0.25, 0.3) is 0 Å². The molecule has 0 bridgehead atoms. The van der Waals surface area contributed by atoms with Gasteiger partial charge in [0.05, 0.1) is 12.7 Å². The first-order valence-corrected chi connectivity index (χ1v) is 6.45. The molecule has 0 radical (unpaired) electrons. The van der Waals surface area contributed by atoms with Crippen LogP contribution in [0.4, 0.5) is 0 Å². The van der Waals surface area contributed by atoms with Crippen molar-refractivity contribution in [1.82, 2.24) is 0 Å². The van der Waals surface area contributed by atoms with Crippen LogP contribution in [0, 0.1) is 11.8 Å². The molecule has 0 aromatic carbocycles. The van der Waals surface area contributed by atoms with Gasteiger partial charge < -0.3 is 9.47 Å². The number of rotatable bonds is 5. The van der Waals surface area contributed by atoms with Crippen LogP contribution in [0.1, 0.15) is 41.0 Å². The molecule has 98 valence electrons. The van der Waals surface area contributed by atoms with Crippen LogP contribution >= 0.6 is 0 Å². The third kappa shape index (κ3) is 5.05. The zero-order chi connectivity index (χ0) is 13.1. The van der Waals surface area contributed by atoms with E-state index >= 15 is 0 Å². The van der Waals surface area contributed by atoms with Crippen LogP contribution in [0.2, 0.25) is 0 Å². The van der Waals surface area contributed by atoms with E-state index in [1.165, 1.54) is 0 Å². The summed E-state index contributed by atoms with van der Waals surface area (Å²) >= 11 is 0. The van der Waals surface area contributed by atoms with Crippen LogP contribution in [-0.2, 0) is 9.47 Å². The Kier molecular flexibility index (Phi) is 4.96. The Bertz CT molecular complexity index is 289. The lowest BCUT2D eigenvalue weighted by Crippen LogP contribution is -2.23. The third-order valence-electron chi connectivity index (χ3n) is 3.09. The highest BCUT2D eigenvalue weighted by Gasteiger charge is 2.33. The van der Waals surface area contributed by atoms with Gasteiger partial charge in [-0.2, -0.15) is 0 Å². The first-order chi connectivity index (χ1) is 7.80. The number of ether oxygens (including phenoxy) is 2. The number of hydrogen-bond donors (Lipinski definition) is 0. The average molecular weight is 238 g/mol. The molecule has 1 aliphatic heterocycles. The molecule has 1 saturated heterocycles. The van der Waals surface area contributed by atoms with Gasteiger partial charge in [-0.15, -0.1) is 0 Å². The quantitative estimate of drug-likeness (QED) is 0.676. The van der Waals surface area contributed by atoms with Crippen molar-refractivity contribution in [1.29, 1.82) is 0 Å². The maximum absolute atomic E-state index is 5.86. The Labute approximate surface area is 106 Å². The molecule has 17 heavy (non-hydrogen) atoms. The number of allylic oxidation sites excluding steroid dienone is 3. The fraction of sp³-hybridized carbons (Fsp3) is 0.733. The van der Waals surface area contributed by atoms with Gasteiger partial charge in [0.1, 0.15) is 0 Å². The lowest BCUT2D eigenvalue weighted by molar-refractivity contribution is -0.140. The first kappa shape index (κ1) is 14.5. The molecule has 1 aliphatic rings. The number of hydrogen-bond acceptors (Lipinski definition) is 2. The van der Waals surface area contributed by atoms with E-state index in [4.69, 9.17) is 9.47 Å². The summed E-state index contributed by atoms with van der Waals surface area (Å²) in [4.78, 5) is 0. The van der Waals surface area contributed by atoms with Gasteiger partial charge in [-0.3, -0.25) is 0 Å². The second kappa shape index (κ2) is 5.83. The van der Waals surface area contributed by atoms with Crippen molar-refractivity contribution in [3.63, 3.8) is 0 Å². The summed E-state index contributed by atoms with van der Waals surface area (Å²) in [6, 6.07) is 0. The van der Waals surface area contributed by atoms with Crippen molar-refractivity contribution in [3.05, 3.63) is 24.3 Å². The van der Waals surface area contributed by atoms with Crippen LogP contribution < -0.4 is 0 Å². The van der Waals surface area contributed by atoms with Crippen molar-refractivity contribution in [2.45, 2.75) is 52.9 Å². The smallest absolute Gasteiger partial charge is 0.163 e. The van der Waals surface area contributed by atoms with Crippen molar-refractivity contribution in [3.8, 4) is 0 Å². The van der Waals surface area contributed by atoms with Gasteiger partial charge in [0.15, 0.2) is 5.79 Å². The van der Waals surface area contributed by atoms with E-state index in [-0.39, 0.29) is 6.10 Å². The zero-order valence-electron chi connectivity index (χ0n) is 11.8. The molecule has 0 N–H and O–H groups in total. The molecule has 0 aromatic heterocycles. The van der Waals surface area contributed by atoms with Gasteiger partial charge in [-0.25, -0.2) is 0 Å². The Morgan fingerprint density at radius 1 is 1.47 bits per heavy atom. The van der Waals surface area contributed by atoms with E-state index in [9.17, 15) is 0 Å². The molecular formula is C15H26O2. The van der Waals surface area contributed by atoms with Gasteiger partial charge in [0.25, 0.3) is 0 Å². The Morgan fingerprint density at radius 2 is 2.12 bits per heavy atom. The summed E-state index contributed by atoms with van der Waals surface area (Å²) in [5, 5.41) is 0. The van der Waals surface area contributed by atoms with Gasteiger partial charge in [0.2, 0.25) is 0 Å². The molecule has 0 aromatic rings. The van der Waals surface area contributed by atoms with Gasteiger partial charge >= 0.3 is 0 Å². The molecule has 2 heteroatoms. The molecule has 1 heterocycles. The van der Waals surface area contributed by atoms with E-state index in [1.807, 2.05) is 20.8 Å². The average Bonchev–Trinajstić information content (AvgIpc) is 2.52. The summed E-state index contributed by atoms with van der Waals surface area (Å²) in [6.07, 6.45) is 5.59. The van der Waals surface area contributed by atoms with Crippen LogP contribution in [-0.4, -0.2) is 18.5 Å². The summed E-state index contributed by atoms with van der Waals surface area (Å²) < 4.78 is 11.5. The monoisotopic (exact) mass is 238 g/mol. The van der Waals surface area contributed by atoms with E-state index in [0.717, 1.165) is 12.0 Å². The molecule has 0 amide bonds. The molecule has 1 rings (SSSR count). The predicted molar refractivity (Wildman–Crippen MR) is 71.8 cm³/mol. The molecule has 0 spiro atoms. The minimum absolute atomic E-state index is 0.215. The van der Waals surface area contributed by atoms with Gasteiger partial charge in [-0.1, -0.05) is 38.2 Å². The highest BCUT2D eigenvalue weighted by atomic mass is 16.7. The normalized spacial score (nSPS) is 25.6. The van der Waals surface area contributed by atoms with Gasteiger partial charge in [0, 0.05) is 0 Å². The largest absolute Gasteiger partial charge is 0.348 e. The minimum Gasteiger partial charge on any atom is -0.348 e. The molecule has 0 saturated carbocycles. The van der Waals surface area contributed by atoms with Crippen molar-refractivity contribution in [2.75, 3.05) is 6.61 Å². The lowest BCUT2D eigenvalue weighted by atomic mass is 9.89. The summed E-state index contributed by atoms with van der Waals surface area (Å²) in [7, 11) is 0. The SMILES string of the molecule is C=C(C)/C=C/[C@H](CC1COC(C)(C)O1)C(C)C. The highest BCUT2D eigenvalue weighted by molar-refractivity contribution is 5.12. The highest BCUT2D eigenvalue weighted by Crippen LogP contribution is 2.29. The van der Waals surface area contributed by atoms with E-state index in [1.54, 1.807) is 0 Å². The second-order valence-electron chi connectivity index (χ2n) is 5.80. The Hall–Kier alpha value is -0.600. The molecule has 1 fully saturated rings. The molecule has 2 atom stereocenters. The molecule has 2 nitrogen and oxygen atoms in total. The van der Waals surface area contributed by atoms with E-state index in [2.05, 4.69) is 32.6 Å². The van der Waals surface area contributed by atoms with Gasteiger partial charge in [-0.05, 0) is 39.0 Å². The van der Waals surface area contributed by atoms with Crippen LogP contribution in [0.5, 0.6) is 0 Å². The lowest BCUT2D eigenvalue weighted by Gasteiger charge is -2.22. The van der Waals surface area contributed by atoms with Crippen molar-refractivity contribution in [2.24, 2.45) is 11.8 Å². The third-order valence-corrected chi connectivity index (χ3v) is 3.09.